The Kier molecular flexibility index (Phi) is 0.449. The molecule has 0 bridgehead atoms. The number of aromatic nitrogens is 1. The Morgan fingerprint density at radius 3 is 3.17 bits per heavy atom. The maximum absolute atomic E-state index is 6.74. The van der Waals surface area contributed by atoms with Crippen molar-refractivity contribution in [1.82, 2.24) is 4.98 Å². The Labute approximate surface area is 37.2 Å². The highest BCUT2D eigenvalue weighted by atomic mass is 16.3. The van der Waals surface area contributed by atoms with Crippen LogP contribution in [0.15, 0.2) is 17.1 Å². The van der Waals surface area contributed by atoms with Crippen molar-refractivity contribution in [3.8, 4) is 0 Å². The second-order valence-electron chi connectivity index (χ2n) is 1.08. The molecule has 0 aliphatic carbocycles. The highest BCUT2D eigenvalue weighted by molar-refractivity contribution is 4.83. The Bertz CT molecular complexity index is 144. The van der Waals surface area contributed by atoms with E-state index >= 15 is 0 Å². The van der Waals surface area contributed by atoms with E-state index in [1.54, 1.807) is 6.92 Å². The van der Waals surface area contributed by atoms with Gasteiger partial charge in [0.25, 0.3) is 0 Å². The maximum Gasteiger partial charge on any atom is 0.180 e. The van der Waals surface area contributed by atoms with E-state index in [1.807, 2.05) is 0 Å². The van der Waals surface area contributed by atoms with Crippen LogP contribution in [0.25, 0.3) is 0 Å². The van der Waals surface area contributed by atoms with Gasteiger partial charge in [-0.1, -0.05) is 0 Å². The largest absolute Gasteiger partial charge is 0.452 e. The lowest BCUT2D eigenvalue weighted by Gasteiger charge is -1.62. The molecule has 0 aliphatic heterocycles. The smallest absolute Gasteiger partial charge is 0.180 e. The van der Waals surface area contributed by atoms with Gasteiger partial charge in [-0.15, -0.1) is 0 Å². The van der Waals surface area contributed by atoms with Crippen molar-refractivity contribution in [2.24, 2.45) is 0 Å². The fraction of sp³-hybridized carbons (Fsp3) is 0.250. The lowest BCUT2D eigenvalue weighted by Crippen LogP contribution is -1.59. The van der Waals surface area contributed by atoms with E-state index < -0.39 is 0 Å². The summed E-state index contributed by atoms with van der Waals surface area (Å²) in [7, 11) is 0. The minimum atomic E-state index is -0.0162. The Balaban J connectivity index is 3.04. The predicted octanol–water partition coefficient (Wildman–Crippen LogP) is 0.983. The molecule has 0 aromatic carbocycles. The van der Waals surface area contributed by atoms with Crippen LogP contribution in [0.1, 0.15) is 7.06 Å². The minimum Gasteiger partial charge on any atom is -0.452 e. The van der Waals surface area contributed by atoms with Crippen LogP contribution in [-0.2, 0) is 0 Å². The molecule has 0 N–H and O–H groups in total. The summed E-state index contributed by atoms with van der Waals surface area (Å²) in [6, 6.07) is 0. The van der Waals surface area contributed by atoms with Crippen molar-refractivity contribution in [3.63, 3.8) is 0 Å². The zero-order valence-electron chi connectivity index (χ0n) is 4.43. The molecule has 0 spiro atoms. The van der Waals surface area contributed by atoms with Gasteiger partial charge in [-0.2, -0.15) is 0 Å². The van der Waals surface area contributed by atoms with E-state index in [9.17, 15) is 0 Å². The summed E-state index contributed by atoms with van der Waals surface area (Å²) >= 11 is 0. The third-order valence-corrected chi connectivity index (χ3v) is 0.504. The van der Waals surface area contributed by atoms with Gasteiger partial charge < -0.3 is 4.42 Å². The summed E-state index contributed by atoms with van der Waals surface area (Å²) in [5.41, 5.74) is 0.755. The molecule has 1 aromatic rings. The summed E-state index contributed by atoms with van der Waals surface area (Å²) in [6.45, 7) is 1.78. The van der Waals surface area contributed by atoms with Crippen LogP contribution in [0.5, 0.6) is 0 Å². The molecular weight excluding hydrogens is 78.0 g/mol. The van der Waals surface area contributed by atoms with Crippen LogP contribution in [0.4, 0.5) is 0 Å². The van der Waals surface area contributed by atoms with Gasteiger partial charge in [-0.3, -0.25) is 0 Å². The number of nitrogens with zero attached hydrogens (tertiary/aromatic N) is 1. The van der Waals surface area contributed by atoms with Crippen LogP contribution in [0.3, 0.4) is 0 Å². The van der Waals surface area contributed by atoms with Gasteiger partial charge in [-0.05, 0) is 6.92 Å². The minimum absolute atomic E-state index is 0.0162. The summed E-state index contributed by atoms with van der Waals surface area (Å²) in [4.78, 5) is 3.61. The lowest BCUT2D eigenvalue weighted by atomic mass is 10.6. The van der Waals surface area contributed by atoms with Crippen molar-refractivity contribution in [2.75, 3.05) is 0 Å². The van der Waals surface area contributed by atoms with E-state index in [-0.39, 0.29) is 6.37 Å². The van der Waals surface area contributed by atoms with Gasteiger partial charge in [0.15, 0.2) is 6.37 Å². The molecule has 0 radical (unpaired) electrons. The number of oxazole rings is 1. The molecule has 2 nitrogen and oxygen atoms in total. The first-order valence-electron chi connectivity index (χ1n) is 2.18. The fourth-order valence-corrected chi connectivity index (χ4v) is 0.236. The third kappa shape index (κ3) is 0.407. The van der Waals surface area contributed by atoms with Gasteiger partial charge in [0.05, 0.1) is 5.69 Å². The molecule has 1 heterocycles. The second kappa shape index (κ2) is 1.12. The number of hydrogen-bond acceptors (Lipinski definition) is 2. The zero-order chi connectivity index (χ0) is 5.28. The normalized spacial score (nSPS) is 11.2. The molecule has 0 amide bonds. The fourth-order valence-electron chi connectivity index (χ4n) is 0.236. The van der Waals surface area contributed by atoms with Crippen LogP contribution in [0.2, 0.25) is 0 Å². The van der Waals surface area contributed by atoms with E-state index in [2.05, 4.69) is 9.40 Å². The van der Waals surface area contributed by atoms with E-state index in [1.165, 1.54) is 6.26 Å². The summed E-state index contributed by atoms with van der Waals surface area (Å²) in [6.07, 6.45) is 1.43. The van der Waals surface area contributed by atoms with Crippen molar-refractivity contribution < 1.29 is 5.79 Å². The number of aryl methyl sites for hydroxylation is 1. The molecule has 0 saturated carbocycles. The lowest BCUT2D eigenvalue weighted by molar-refractivity contribution is 0.557. The molecular formula is C4H5NO. The van der Waals surface area contributed by atoms with Crippen LogP contribution >= 0.6 is 0 Å². The first kappa shape index (κ1) is 2.39. The predicted molar refractivity (Wildman–Crippen MR) is 21.2 cm³/mol. The first-order valence-corrected chi connectivity index (χ1v) is 1.68. The standard InChI is InChI=1S/C4H5NO/c1-4-2-6-3-5-4/h2-3H,1H3/i3D. The van der Waals surface area contributed by atoms with Crippen molar-refractivity contribution in [2.45, 2.75) is 6.92 Å². The van der Waals surface area contributed by atoms with Crippen LogP contribution < -0.4 is 0 Å². The highest BCUT2D eigenvalue weighted by Crippen LogP contribution is 1.86. The second-order valence-corrected chi connectivity index (χ2v) is 1.08. The topological polar surface area (TPSA) is 26.0 Å². The van der Waals surface area contributed by atoms with Gasteiger partial charge in [-0.25, -0.2) is 4.98 Å². The zero-order valence-corrected chi connectivity index (χ0v) is 3.43. The molecule has 0 aliphatic rings. The quantitative estimate of drug-likeness (QED) is 0.468. The van der Waals surface area contributed by atoms with Crippen LogP contribution in [0, 0.1) is 6.92 Å². The molecule has 2 heteroatoms. The summed E-state index contributed by atoms with van der Waals surface area (Å²) in [5, 5.41) is 0. The molecule has 0 atom stereocenters. The maximum atomic E-state index is 6.74. The molecule has 32 valence electrons. The van der Waals surface area contributed by atoms with Crippen molar-refractivity contribution >= 4 is 0 Å². The van der Waals surface area contributed by atoms with E-state index in [0.29, 0.717) is 0 Å². The molecule has 0 unspecified atom stereocenters. The Morgan fingerprint density at radius 1 is 2.17 bits per heavy atom. The average molecular weight is 84.1 g/mol. The molecule has 6 heavy (non-hydrogen) atoms. The van der Waals surface area contributed by atoms with Gasteiger partial charge in [0, 0.05) is 0 Å². The Morgan fingerprint density at radius 2 is 3.00 bits per heavy atom. The van der Waals surface area contributed by atoms with E-state index in [0.717, 1.165) is 5.69 Å². The molecule has 1 rings (SSSR count). The van der Waals surface area contributed by atoms with Crippen LogP contribution in [-0.4, -0.2) is 4.98 Å². The first-order chi connectivity index (χ1) is 3.29. The SMILES string of the molecule is [2H]c1nc(C)co1. The summed E-state index contributed by atoms with van der Waals surface area (Å²) in [5.74, 6) is 0. The van der Waals surface area contributed by atoms with Crippen molar-refractivity contribution in [1.29, 1.82) is 0 Å². The van der Waals surface area contributed by atoms with E-state index in [4.69, 9.17) is 1.37 Å². The third-order valence-electron chi connectivity index (χ3n) is 0.504. The average Bonchev–Trinajstić information content (AvgIpc) is 1.87. The number of hydrogen-bond donors (Lipinski definition) is 0. The van der Waals surface area contributed by atoms with Gasteiger partial charge >= 0.3 is 0 Å². The van der Waals surface area contributed by atoms with Gasteiger partial charge in [0.1, 0.15) is 7.63 Å². The monoisotopic (exact) mass is 84.0 g/mol. The molecule has 1 aromatic heterocycles. The molecule has 0 saturated heterocycles. The van der Waals surface area contributed by atoms with Crippen molar-refractivity contribution in [3.05, 3.63) is 18.3 Å². The number of rotatable bonds is 0. The highest BCUT2D eigenvalue weighted by Gasteiger charge is 1.77. The molecule has 0 fully saturated rings. The summed E-state index contributed by atoms with van der Waals surface area (Å²) < 4.78 is 11.3. The Hall–Kier alpha value is -0.790. The van der Waals surface area contributed by atoms with Gasteiger partial charge in [0.2, 0.25) is 0 Å².